The van der Waals surface area contributed by atoms with Gasteiger partial charge >= 0.3 is 0 Å². The molecule has 0 bridgehead atoms. The third-order valence-corrected chi connectivity index (χ3v) is 2.53. The average molecular weight is 215 g/mol. The summed E-state index contributed by atoms with van der Waals surface area (Å²) in [5, 5.41) is 19.0. The Balaban J connectivity index is 3.10. The third-order valence-electron chi connectivity index (χ3n) is 2.20. The van der Waals surface area contributed by atoms with Gasteiger partial charge in [-0.15, -0.1) is 0 Å². The Hall–Kier alpha value is -0.730. The largest absolute Gasteiger partial charge is 0.508 e. The number of hydrogen-bond acceptors (Lipinski definition) is 2. The van der Waals surface area contributed by atoms with Gasteiger partial charge in [-0.05, 0) is 35.6 Å². The fourth-order valence-electron chi connectivity index (χ4n) is 1.38. The minimum Gasteiger partial charge on any atom is -0.508 e. The van der Waals surface area contributed by atoms with Gasteiger partial charge in [0.1, 0.15) is 5.75 Å². The molecule has 0 aliphatic carbocycles. The first kappa shape index (κ1) is 11.3. The molecule has 0 radical (unpaired) electrons. The number of aliphatic hydroxyl groups is 1. The predicted molar refractivity (Wildman–Crippen MR) is 58.0 cm³/mol. The summed E-state index contributed by atoms with van der Waals surface area (Å²) in [5.74, 6) is 0.503. The van der Waals surface area contributed by atoms with Gasteiger partial charge in [-0.1, -0.05) is 25.4 Å². The number of benzene rings is 1. The van der Waals surface area contributed by atoms with E-state index in [2.05, 4.69) is 0 Å². The maximum atomic E-state index is 9.63. The van der Waals surface area contributed by atoms with Crippen molar-refractivity contribution < 1.29 is 10.2 Å². The zero-order valence-corrected chi connectivity index (χ0v) is 9.17. The molecule has 0 amide bonds. The minimum atomic E-state index is 0.0188. The highest BCUT2D eigenvalue weighted by Gasteiger charge is 2.10. The molecule has 0 unspecified atom stereocenters. The Bertz CT molecular complexity index is 321. The molecule has 0 atom stereocenters. The van der Waals surface area contributed by atoms with Crippen molar-refractivity contribution in [3.05, 3.63) is 28.3 Å². The van der Waals surface area contributed by atoms with Crippen LogP contribution in [0.15, 0.2) is 12.1 Å². The maximum absolute atomic E-state index is 9.63. The van der Waals surface area contributed by atoms with Crippen molar-refractivity contribution in [2.75, 3.05) is 6.61 Å². The van der Waals surface area contributed by atoms with Crippen molar-refractivity contribution in [2.45, 2.75) is 26.2 Å². The quantitative estimate of drug-likeness (QED) is 0.812. The lowest BCUT2D eigenvalue weighted by Crippen LogP contribution is -1.95. The van der Waals surface area contributed by atoms with Crippen molar-refractivity contribution in [2.24, 2.45) is 0 Å². The molecule has 0 spiro atoms. The van der Waals surface area contributed by atoms with Gasteiger partial charge in [0, 0.05) is 11.6 Å². The number of halogens is 1. The van der Waals surface area contributed by atoms with E-state index in [-0.39, 0.29) is 18.3 Å². The van der Waals surface area contributed by atoms with Gasteiger partial charge in [-0.3, -0.25) is 0 Å². The average Bonchev–Trinajstić information content (AvgIpc) is 2.10. The van der Waals surface area contributed by atoms with Crippen LogP contribution in [0.2, 0.25) is 5.02 Å². The van der Waals surface area contributed by atoms with E-state index < -0.39 is 0 Å². The molecule has 0 fully saturated rings. The topological polar surface area (TPSA) is 40.5 Å². The Morgan fingerprint density at radius 2 is 2.00 bits per heavy atom. The van der Waals surface area contributed by atoms with Gasteiger partial charge in [0.25, 0.3) is 0 Å². The van der Waals surface area contributed by atoms with Crippen LogP contribution in [0, 0.1) is 0 Å². The second-order valence-electron chi connectivity index (χ2n) is 3.63. The van der Waals surface area contributed by atoms with Crippen LogP contribution in [0.25, 0.3) is 0 Å². The molecule has 0 aliphatic rings. The van der Waals surface area contributed by atoms with Gasteiger partial charge in [0.15, 0.2) is 0 Å². The van der Waals surface area contributed by atoms with Crippen LogP contribution in [0.1, 0.15) is 30.9 Å². The first-order valence-electron chi connectivity index (χ1n) is 4.68. The molecule has 1 rings (SSSR count). The zero-order valence-electron chi connectivity index (χ0n) is 8.42. The summed E-state index contributed by atoms with van der Waals surface area (Å²) in [4.78, 5) is 0. The first-order chi connectivity index (χ1) is 6.56. The molecule has 3 heteroatoms. The Morgan fingerprint density at radius 3 is 2.50 bits per heavy atom. The fourth-order valence-corrected chi connectivity index (χ4v) is 1.79. The van der Waals surface area contributed by atoms with Crippen LogP contribution < -0.4 is 0 Å². The summed E-state index contributed by atoms with van der Waals surface area (Å²) in [6.45, 7) is 4.06. The second-order valence-corrected chi connectivity index (χ2v) is 4.04. The maximum Gasteiger partial charge on any atom is 0.119 e. The highest BCUT2D eigenvalue weighted by molar-refractivity contribution is 6.31. The lowest BCUT2D eigenvalue weighted by Gasteiger charge is -2.11. The summed E-state index contributed by atoms with van der Waals surface area (Å²) in [6, 6.07) is 3.40. The SMILES string of the molecule is CC(C)c1cc(O)c(CCO)cc1Cl. The molecule has 0 saturated heterocycles. The zero-order chi connectivity index (χ0) is 10.7. The van der Waals surface area contributed by atoms with Crippen molar-refractivity contribution in [1.29, 1.82) is 0 Å². The molecule has 14 heavy (non-hydrogen) atoms. The summed E-state index contributed by atoms with van der Waals surface area (Å²) < 4.78 is 0. The Labute approximate surface area is 89.1 Å². The summed E-state index contributed by atoms with van der Waals surface area (Å²) in [7, 11) is 0. The number of phenols is 1. The monoisotopic (exact) mass is 214 g/mol. The highest BCUT2D eigenvalue weighted by atomic mass is 35.5. The van der Waals surface area contributed by atoms with E-state index >= 15 is 0 Å². The molecule has 2 N–H and O–H groups in total. The van der Waals surface area contributed by atoms with Crippen LogP contribution in [0.3, 0.4) is 0 Å². The summed E-state index contributed by atoms with van der Waals surface area (Å²) in [6.07, 6.45) is 0.434. The highest BCUT2D eigenvalue weighted by Crippen LogP contribution is 2.31. The number of rotatable bonds is 3. The molecule has 78 valence electrons. The van der Waals surface area contributed by atoms with Crippen molar-refractivity contribution in [1.82, 2.24) is 0 Å². The number of aliphatic hydroxyl groups excluding tert-OH is 1. The molecule has 0 aliphatic heterocycles. The molecular formula is C11H15ClO2. The van der Waals surface area contributed by atoms with E-state index in [0.717, 1.165) is 5.56 Å². The summed E-state index contributed by atoms with van der Waals surface area (Å²) in [5.41, 5.74) is 1.63. The summed E-state index contributed by atoms with van der Waals surface area (Å²) >= 11 is 6.04. The fraction of sp³-hybridized carbons (Fsp3) is 0.455. The van der Waals surface area contributed by atoms with Crippen LogP contribution in [-0.4, -0.2) is 16.8 Å². The van der Waals surface area contributed by atoms with Gasteiger partial charge in [0.05, 0.1) is 0 Å². The Kier molecular flexibility index (Phi) is 3.78. The number of phenolic OH excluding ortho intramolecular Hbond substituents is 1. The standard InChI is InChI=1S/C11H15ClO2/c1-7(2)9-6-11(14)8(3-4-13)5-10(9)12/h5-7,13-14H,3-4H2,1-2H3. The normalized spacial score (nSPS) is 10.9. The van der Waals surface area contributed by atoms with Crippen LogP contribution in [-0.2, 0) is 6.42 Å². The van der Waals surface area contributed by atoms with E-state index in [4.69, 9.17) is 16.7 Å². The molecule has 0 aromatic heterocycles. The smallest absolute Gasteiger partial charge is 0.119 e. The predicted octanol–water partition coefficient (Wildman–Crippen LogP) is 2.70. The van der Waals surface area contributed by atoms with E-state index in [1.54, 1.807) is 12.1 Å². The lowest BCUT2D eigenvalue weighted by atomic mass is 10.00. The molecule has 1 aromatic rings. The number of aromatic hydroxyl groups is 1. The molecular weight excluding hydrogens is 200 g/mol. The van der Waals surface area contributed by atoms with Crippen LogP contribution in [0.4, 0.5) is 0 Å². The molecule has 1 aromatic carbocycles. The molecule has 2 nitrogen and oxygen atoms in total. The number of hydrogen-bond donors (Lipinski definition) is 2. The Morgan fingerprint density at radius 1 is 1.36 bits per heavy atom. The third kappa shape index (κ3) is 2.40. The van der Waals surface area contributed by atoms with E-state index in [1.165, 1.54) is 0 Å². The van der Waals surface area contributed by atoms with E-state index in [1.807, 2.05) is 13.8 Å². The van der Waals surface area contributed by atoms with Crippen molar-refractivity contribution in [3.63, 3.8) is 0 Å². The van der Waals surface area contributed by atoms with Gasteiger partial charge in [-0.2, -0.15) is 0 Å². The van der Waals surface area contributed by atoms with E-state index in [9.17, 15) is 5.11 Å². The molecule has 0 saturated carbocycles. The first-order valence-corrected chi connectivity index (χ1v) is 5.06. The van der Waals surface area contributed by atoms with Gasteiger partial charge in [-0.25, -0.2) is 0 Å². The van der Waals surface area contributed by atoms with Crippen molar-refractivity contribution in [3.8, 4) is 5.75 Å². The lowest BCUT2D eigenvalue weighted by molar-refractivity contribution is 0.297. The van der Waals surface area contributed by atoms with Crippen molar-refractivity contribution >= 4 is 11.6 Å². The second kappa shape index (κ2) is 4.67. The molecule has 0 heterocycles. The van der Waals surface area contributed by atoms with Crippen LogP contribution >= 0.6 is 11.6 Å². The van der Waals surface area contributed by atoms with Crippen LogP contribution in [0.5, 0.6) is 5.75 Å². The minimum absolute atomic E-state index is 0.0188. The van der Waals surface area contributed by atoms with E-state index in [0.29, 0.717) is 17.0 Å². The van der Waals surface area contributed by atoms with Gasteiger partial charge in [0.2, 0.25) is 0 Å². The van der Waals surface area contributed by atoms with Gasteiger partial charge < -0.3 is 10.2 Å².